The Labute approximate surface area is 170 Å². The number of piperidine rings is 1. The van der Waals surface area contributed by atoms with Crippen molar-refractivity contribution in [1.82, 2.24) is 19.7 Å². The maximum absolute atomic E-state index is 13.1. The number of aryl methyl sites for hydroxylation is 2. The summed E-state index contributed by atoms with van der Waals surface area (Å²) in [5.74, 6) is 0.993. The second kappa shape index (κ2) is 7.76. The molecule has 0 saturated carbocycles. The van der Waals surface area contributed by atoms with Gasteiger partial charge in [0.15, 0.2) is 5.82 Å². The Hall–Kier alpha value is -2.66. The topological polar surface area (TPSA) is 51.0 Å². The fraction of sp³-hybridized carbons (Fsp3) is 0.318. The first-order valence-electron chi connectivity index (χ1n) is 9.57. The predicted octanol–water partition coefficient (Wildman–Crippen LogP) is 4.56. The Bertz CT molecular complexity index is 991. The summed E-state index contributed by atoms with van der Waals surface area (Å²) in [5.41, 5.74) is 3.52. The summed E-state index contributed by atoms with van der Waals surface area (Å²) >= 11 is 6.33. The summed E-state index contributed by atoms with van der Waals surface area (Å²) in [4.78, 5) is 19.5. The molecular formula is C22H23ClN4O. The second-order valence-corrected chi connectivity index (χ2v) is 7.72. The molecule has 0 radical (unpaired) electrons. The van der Waals surface area contributed by atoms with E-state index >= 15 is 0 Å². The Morgan fingerprint density at radius 1 is 1.07 bits per heavy atom. The van der Waals surface area contributed by atoms with E-state index in [4.69, 9.17) is 11.6 Å². The summed E-state index contributed by atoms with van der Waals surface area (Å²) in [6.07, 6.45) is 1.90. The molecule has 0 bridgehead atoms. The molecule has 0 spiro atoms. The quantitative estimate of drug-likeness (QED) is 0.654. The lowest BCUT2D eigenvalue weighted by Crippen LogP contribution is -2.38. The van der Waals surface area contributed by atoms with E-state index in [0.717, 1.165) is 24.2 Å². The highest BCUT2D eigenvalue weighted by Crippen LogP contribution is 2.29. The third-order valence-electron chi connectivity index (χ3n) is 5.31. The molecular weight excluding hydrogens is 372 g/mol. The molecule has 0 atom stereocenters. The van der Waals surface area contributed by atoms with Gasteiger partial charge in [0, 0.05) is 18.8 Å². The van der Waals surface area contributed by atoms with Crippen LogP contribution in [0, 0.1) is 13.8 Å². The van der Waals surface area contributed by atoms with Crippen molar-refractivity contribution in [2.45, 2.75) is 32.6 Å². The molecule has 2 aromatic heterocycles. The number of carbonyl (C=O) groups is 1. The first-order valence-corrected chi connectivity index (χ1v) is 9.95. The zero-order chi connectivity index (χ0) is 19.7. The van der Waals surface area contributed by atoms with E-state index < -0.39 is 0 Å². The number of hydrogen-bond donors (Lipinski definition) is 0. The lowest BCUT2D eigenvalue weighted by Gasteiger charge is -2.32. The van der Waals surface area contributed by atoms with Crippen LogP contribution in [0.1, 0.15) is 46.2 Å². The molecule has 6 heteroatoms. The Morgan fingerprint density at radius 3 is 2.43 bits per heavy atom. The molecule has 4 rings (SSSR count). The number of aromatic nitrogens is 3. The summed E-state index contributed by atoms with van der Waals surface area (Å²) in [6.45, 7) is 5.32. The summed E-state index contributed by atoms with van der Waals surface area (Å²) < 4.78 is 1.74. The predicted molar refractivity (Wildman–Crippen MR) is 110 cm³/mol. The molecule has 0 N–H and O–H groups in total. The first kappa shape index (κ1) is 18.7. The largest absolute Gasteiger partial charge is 0.337 e. The van der Waals surface area contributed by atoms with Crippen molar-refractivity contribution < 1.29 is 4.79 Å². The molecule has 3 aromatic rings. The molecule has 3 heterocycles. The molecule has 1 saturated heterocycles. The van der Waals surface area contributed by atoms with Gasteiger partial charge >= 0.3 is 0 Å². The number of halogens is 1. The SMILES string of the molecule is Cc1cc(C)n(-c2ccc(Cl)c(C(=O)N3CCC(c4ccccc4)CC3)n2)n1. The number of benzene rings is 1. The molecule has 28 heavy (non-hydrogen) atoms. The molecule has 1 fully saturated rings. The molecule has 1 aliphatic rings. The Morgan fingerprint density at radius 2 is 1.79 bits per heavy atom. The average molecular weight is 395 g/mol. The van der Waals surface area contributed by atoms with Crippen molar-refractivity contribution in [2.75, 3.05) is 13.1 Å². The number of carbonyl (C=O) groups excluding carboxylic acids is 1. The van der Waals surface area contributed by atoms with Crippen LogP contribution in [0.3, 0.4) is 0 Å². The van der Waals surface area contributed by atoms with Crippen LogP contribution in [0.2, 0.25) is 5.02 Å². The summed E-state index contributed by atoms with van der Waals surface area (Å²) in [7, 11) is 0. The minimum atomic E-state index is -0.111. The molecule has 5 nitrogen and oxygen atoms in total. The normalized spacial score (nSPS) is 15.0. The highest BCUT2D eigenvalue weighted by molar-refractivity contribution is 6.33. The molecule has 0 aliphatic carbocycles. The number of rotatable bonds is 3. The van der Waals surface area contributed by atoms with E-state index in [9.17, 15) is 4.79 Å². The van der Waals surface area contributed by atoms with Gasteiger partial charge in [-0.05, 0) is 56.4 Å². The van der Waals surface area contributed by atoms with Gasteiger partial charge in [0.2, 0.25) is 0 Å². The minimum absolute atomic E-state index is 0.111. The molecule has 0 unspecified atom stereocenters. The minimum Gasteiger partial charge on any atom is -0.337 e. The van der Waals surface area contributed by atoms with E-state index in [2.05, 4.69) is 34.3 Å². The van der Waals surface area contributed by atoms with Crippen LogP contribution in [-0.4, -0.2) is 38.7 Å². The van der Waals surface area contributed by atoms with Crippen molar-refractivity contribution in [3.8, 4) is 5.82 Å². The average Bonchev–Trinajstić information content (AvgIpc) is 3.06. The van der Waals surface area contributed by atoms with Crippen LogP contribution in [0.25, 0.3) is 5.82 Å². The van der Waals surface area contributed by atoms with Gasteiger partial charge in [0.05, 0.1) is 10.7 Å². The van der Waals surface area contributed by atoms with Gasteiger partial charge in [0.25, 0.3) is 5.91 Å². The lowest BCUT2D eigenvalue weighted by molar-refractivity contribution is 0.0707. The van der Waals surface area contributed by atoms with Crippen LogP contribution < -0.4 is 0 Å². The van der Waals surface area contributed by atoms with Crippen molar-refractivity contribution >= 4 is 17.5 Å². The first-order chi connectivity index (χ1) is 13.5. The highest BCUT2D eigenvalue weighted by Gasteiger charge is 2.27. The van der Waals surface area contributed by atoms with Gasteiger partial charge < -0.3 is 4.90 Å². The van der Waals surface area contributed by atoms with Crippen molar-refractivity contribution in [2.24, 2.45) is 0 Å². The Balaban J connectivity index is 1.52. The molecule has 1 aromatic carbocycles. The van der Waals surface area contributed by atoms with Gasteiger partial charge in [-0.25, -0.2) is 9.67 Å². The fourth-order valence-corrected chi connectivity index (χ4v) is 4.04. The highest BCUT2D eigenvalue weighted by atomic mass is 35.5. The summed E-state index contributed by atoms with van der Waals surface area (Å²) in [5, 5.41) is 4.83. The number of nitrogens with zero attached hydrogens (tertiary/aromatic N) is 4. The molecule has 1 aliphatic heterocycles. The summed E-state index contributed by atoms with van der Waals surface area (Å²) in [6, 6.07) is 16.0. The third-order valence-corrected chi connectivity index (χ3v) is 5.62. The van der Waals surface area contributed by atoms with Crippen LogP contribution >= 0.6 is 11.6 Å². The van der Waals surface area contributed by atoms with Gasteiger partial charge in [0.1, 0.15) is 5.69 Å². The Kier molecular flexibility index (Phi) is 5.18. The van der Waals surface area contributed by atoms with Crippen molar-refractivity contribution in [1.29, 1.82) is 0 Å². The van der Waals surface area contributed by atoms with Gasteiger partial charge in [-0.15, -0.1) is 0 Å². The van der Waals surface area contributed by atoms with Crippen LogP contribution in [0.5, 0.6) is 0 Å². The maximum atomic E-state index is 13.1. The number of likely N-dealkylation sites (tertiary alicyclic amines) is 1. The second-order valence-electron chi connectivity index (χ2n) is 7.32. The standard InChI is InChI=1S/C22H23ClN4O/c1-15-14-16(2)27(25-15)20-9-8-19(23)21(24-20)22(28)26-12-10-18(11-13-26)17-6-4-3-5-7-17/h3-9,14,18H,10-13H2,1-2H3. The number of hydrogen-bond acceptors (Lipinski definition) is 3. The van der Waals surface area contributed by atoms with Gasteiger partial charge in [-0.1, -0.05) is 41.9 Å². The van der Waals surface area contributed by atoms with E-state index in [-0.39, 0.29) is 5.91 Å². The van der Waals surface area contributed by atoms with Crippen molar-refractivity contribution in [3.05, 3.63) is 76.2 Å². The molecule has 144 valence electrons. The lowest BCUT2D eigenvalue weighted by atomic mass is 9.89. The fourth-order valence-electron chi connectivity index (χ4n) is 3.85. The number of amides is 1. The maximum Gasteiger partial charge on any atom is 0.274 e. The van der Waals surface area contributed by atoms with Crippen LogP contribution in [0.4, 0.5) is 0 Å². The van der Waals surface area contributed by atoms with Crippen molar-refractivity contribution in [3.63, 3.8) is 0 Å². The number of pyridine rings is 1. The van der Waals surface area contributed by atoms with E-state index in [0.29, 0.717) is 35.5 Å². The van der Waals surface area contributed by atoms with Crippen LogP contribution in [0.15, 0.2) is 48.5 Å². The molecule has 1 amide bonds. The monoisotopic (exact) mass is 394 g/mol. The van der Waals surface area contributed by atoms with Gasteiger partial charge in [-0.3, -0.25) is 4.79 Å². The van der Waals surface area contributed by atoms with E-state index in [1.54, 1.807) is 16.8 Å². The van der Waals surface area contributed by atoms with Crippen LogP contribution in [-0.2, 0) is 0 Å². The zero-order valence-electron chi connectivity index (χ0n) is 16.1. The van der Waals surface area contributed by atoms with Gasteiger partial charge in [-0.2, -0.15) is 5.10 Å². The van der Waals surface area contributed by atoms with E-state index in [1.165, 1.54) is 5.56 Å². The smallest absolute Gasteiger partial charge is 0.274 e. The third kappa shape index (κ3) is 3.67. The zero-order valence-corrected chi connectivity index (χ0v) is 16.9. The van der Waals surface area contributed by atoms with E-state index in [1.807, 2.05) is 30.9 Å².